The Kier molecular flexibility index (Phi) is 6.77. The first-order valence-corrected chi connectivity index (χ1v) is 9.76. The molecule has 0 amide bonds. The molecule has 0 saturated carbocycles. The third-order valence-corrected chi connectivity index (χ3v) is 4.34. The highest BCUT2D eigenvalue weighted by Gasteiger charge is 2.21. The molecular weight excluding hydrogens is 396 g/mol. The topological polar surface area (TPSA) is 71.1 Å². The van der Waals surface area contributed by atoms with Crippen molar-refractivity contribution < 1.29 is 28.5 Å². The Bertz CT molecular complexity index is 1050. The highest BCUT2D eigenvalue weighted by Crippen LogP contribution is 2.43. The molecule has 0 heterocycles. The summed E-state index contributed by atoms with van der Waals surface area (Å²) in [6.07, 6.45) is -0.257. The third-order valence-electron chi connectivity index (χ3n) is 4.11. The molecule has 3 aromatic rings. The van der Waals surface area contributed by atoms with Crippen LogP contribution in [0.4, 0.5) is 9.59 Å². The number of hydrogen-bond donors (Lipinski definition) is 0. The lowest BCUT2D eigenvalue weighted by atomic mass is 10.0. The van der Waals surface area contributed by atoms with Gasteiger partial charge >= 0.3 is 12.3 Å². The lowest BCUT2D eigenvalue weighted by molar-refractivity contribution is 0.0984. The molecule has 0 unspecified atom stereocenters. The largest absolute Gasteiger partial charge is 0.513 e. The summed E-state index contributed by atoms with van der Waals surface area (Å²) in [5.41, 5.74) is 0. The van der Waals surface area contributed by atoms with E-state index in [2.05, 4.69) is 0 Å². The number of carbonyl (C=O) groups is 2. The second kappa shape index (κ2) is 9.47. The van der Waals surface area contributed by atoms with Crippen molar-refractivity contribution in [2.75, 3.05) is 13.2 Å². The van der Waals surface area contributed by atoms with Gasteiger partial charge in [-0.25, -0.2) is 9.59 Å². The summed E-state index contributed by atoms with van der Waals surface area (Å²) in [6.45, 7) is 4.29. The lowest BCUT2D eigenvalue weighted by Gasteiger charge is -2.16. The van der Waals surface area contributed by atoms with Crippen LogP contribution < -0.4 is 9.47 Å². The van der Waals surface area contributed by atoms with Gasteiger partial charge < -0.3 is 18.9 Å². The van der Waals surface area contributed by atoms with Gasteiger partial charge in [0, 0.05) is 26.6 Å². The Morgan fingerprint density at radius 1 is 0.759 bits per heavy atom. The molecule has 0 radical (unpaired) electrons. The van der Waals surface area contributed by atoms with E-state index in [0.717, 1.165) is 0 Å². The van der Waals surface area contributed by atoms with Crippen molar-refractivity contribution in [2.45, 2.75) is 26.7 Å². The van der Waals surface area contributed by atoms with E-state index in [4.69, 9.17) is 30.5 Å². The maximum atomic E-state index is 12.1. The van der Waals surface area contributed by atoms with Gasteiger partial charge in [0.05, 0.1) is 13.2 Å². The van der Waals surface area contributed by atoms with Gasteiger partial charge in [-0.1, -0.05) is 49.7 Å². The molecule has 7 heteroatoms. The molecule has 0 aliphatic rings. The van der Waals surface area contributed by atoms with Crippen molar-refractivity contribution in [3.05, 3.63) is 47.5 Å². The van der Waals surface area contributed by atoms with Crippen molar-refractivity contribution in [1.82, 2.24) is 0 Å². The molecule has 152 valence electrons. The number of halogens is 1. The SMILES string of the molecule is CCCOC(=O)Oc1c2ccccc2c(OC(=O)OCCC)c2cc(Cl)ccc12. The first kappa shape index (κ1) is 20.7. The lowest BCUT2D eigenvalue weighted by Crippen LogP contribution is -2.13. The summed E-state index contributed by atoms with van der Waals surface area (Å²) in [5.74, 6) is 0.594. The van der Waals surface area contributed by atoms with Crippen molar-refractivity contribution in [3.8, 4) is 11.5 Å². The van der Waals surface area contributed by atoms with Gasteiger partial charge in [-0.2, -0.15) is 0 Å². The van der Waals surface area contributed by atoms with Crippen LogP contribution in [0.3, 0.4) is 0 Å². The minimum Gasteiger partial charge on any atom is -0.434 e. The highest BCUT2D eigenvalue weighted by atomic mass is 35.5. The molecule has 0 spiro atoms. The van der Waals surface area contributed by atoms with Crippen LogP contribution in [0.2, 0.25) is 5.02 Å². The predicted molar refractivity (Wildman–Crippen MR) is 111 cm³/mol. The number of carbonyl (C=O) groups excluding carboxylic acids is 2. The van der Waals surface area contributed by atoms with Crippen LogP contribution in [0.5, 0.6) is 11.5 Å². The maximum absolute atomic E-state index is 12.1. The monoisotopic (exact) mass is 416 g/mol. The van der Waals surface area contributed by atoms with Crippen molar-refractivity contribution in [1.29, 1.82) is 0 Å². The van der Waals surface area contributed by atoms with E-state index in [1.54, 1.807) is 42.5 Å². The van der Waals surface area contributed by atoms with Crippen LogP contribution in [0.1, 0.15) is 26.7 Å². The first-order chi connectivity index (χ1) is 14.0. The zero-order chi connectivity index (χ0) is 20.8. The van der Waals surface area contributed by atoms with Crippen LogP contribution in [0.15, 0.2) is 42.5 Å². The zero-order valence-electron chi connectivity index (χ0n) is 16.2. The van der Waals surface area contributed by atoms with Crippen LogP contribution in [-0.2, 0) is 9.47 Å². The normalized spacial score (nSPS) is 10.7. The van der Waals surface area contributed by atoms with E-state index in [1.807, 2.05) is 13.8 Å². The van der Waals surface area contributed by atoms with E-state index < -0.39 is 12.3 Å². The summed E-state index contributed by atoms with van der Waals surface area (Å²) in [6, 6.07) is 12.2. The Labute approximate surface area is 173 Å². The fourth-order valence-corrected chi connectivity index (χ4v) is 3.06. The van der Waals surface area contributed by atoms with Gasteiger partial charge in [-0.3, -0.25) is 0 Å². The molecule has 0 aliphatic carbocycles. The Morgan fingerprint density at radius 3 is 1.76 bits per heavy atom. The third kappa shape index (κ3) is 4.71. The molecular formula is C22H21ClO6. The molecule has 0 N–H and O–H groups in total. The Hall–Kier alpha value is -2.99. The zero-order valence-corrected chi connectivity index (χ0v) is 17.0. The number of fused-ring (bicyclic) bond motifs is 2. The van der Waals surface area contributed by atoms with Gasteiger partial charge in [0.1, 0.15) is 5.75 Å². The Balaban J connectivity index is 2.17. The summed E-state index contributed by atoms with van der Waals surface area (Å²) < 4.78 is 21.2. The van der Waals surface area contributed by atoms with Gasteiger partial charge in [-0.05, 0) is 31.0 Å². The van der Waals surface area contributed by atoms with E-state index in [0.29, 0.717) is 45.2 Å². The molecule has 0 atom stereocenters. The molecule has 3 aromatic carbocycles. The predicted octanol–water partition coefficient (Wildman–Crippen LogP) is 6.50. The number of hydrogen-bond acceptors (Lipinski definition) is 6. The fraction of sp³-hybridized carbons (Fsp3) is 0.273. The molecule has 3 rings (SSSR count). The summed E-state index contributed by atoms with van der Waals surface area (Å²) in [5, 5.41) is 2.69. The first-order valence-electron chi connectivity index (χ1n) is 9.38. The summed E-state index contributed by atoms with van der Waals surface area (Å²) >= 11 is 6.18. The van der Waals surface area contributed by atoms with Gasteiger partial charge in [-0.15, -0.1) is 0 Å². The van der Waals surface area contributed by atoms with E-state index in [-0.39, 0.29) is 19.0 Å². The van der Waals surface area contributed by atoms with Gasteiger partial charge in [0.15, 0.2) is 5.75 Å². The second-order valence-electron chi connectivity index (χ2n) is 6.29. The molecule has 0 saturated heterocycles. The van der Waals surface area contributed by atoms with Crippen LogP contribution in [0.25, 0.3) is 21.5 Å². The molecule has 0 fully saturated rings. The molecule has 0 aliphatic heterocycles. The maximum Gasteiger partial charge on any atom is 0.513 e. The second-order valence-corrected chi connectivity index (χ2v) is 6.73. The van der Waals surface area contributed by atoms with Crippen LogP contribution in [-0.4, -0.2) is 25.5 Å². The average molecular weight is 417 g/mol. The van der Waals surface area contributed by atoms with Crippen molar-refractivity contribution in [3.63, 3.8) is 0 Å². The number of rotatable bonds is 6. The molecule has 0 aromatic heterocycles. The molecule has 6 nitrogen and oxygen atoms in total. The van der Waals surface area contributed by atoms with E-state index >= 15 is 0 Å². The number of benzene rings is 3. The van der Waals surface area contributed by atoms with Gasteiger partial charge in [0.25, 0.3) is 0 Å². The number of ether oxygens (including phenoxy) is 4. The van der Waals surface area contributed by atoms with Crippen LogP contribution >= 0.6 is 11.6 Å². The van der Waals surface area contributed by atoms with Crippen molar-refractivity contribution >= 4 is 45.5 Å². The van der Waals surface area contributed by atoms with E-state index in [9.17, 15) is 9.59 Å². The summed E-state index contributed by atoms with van der Waals surface area (Å²) in [4.78, 5) is 24.3. The van der Waals surface area contributed by atoms with Gasteiger partial charge in [0.2, 0.25) is 0 Å². The molecule has 0 bridgehead atoms. The van der Waals surface area contributed by atoms with Crippen molar-refractivity contribution in [2.24, 2.45) is 0 Å². The van der Waals surface area contributed by atoms with E-state index in [1.165, 1.54) is 0 Å². The average Bonchev–Trinajstić information content (AvgIpc) is 2.72. The quantitative estimate of drug-likeness (QED) is 0.259. The smallest absolute Gasteiger partial charge is 0.434 e. The standard InChI is InChI=1S/C22H21ClO6/c1-3-11-26-21(24)28-19-15-7-5-6-8-16(15)20(29-22(25)27-12-4-2)18-13-14(23)9-10-17(18)19/h5-10,13H,3-4,11-12H2,1-2H3. The minimum absolute atomic E-state index is 0.250. The van der Waals surface area contributed by atoms with Crippen LogP contribution in [0, 0.1) is 0 Å². The minimum atomic E-state index is -0.811. The Morgan fingerprint density at radius 2 is 1.24 bits per heavy atom. The summed E-state index contributed by atoms with van der Waals surface area (Å²) in [7, 11) is 0. The highest BCUT2D eigenvalue weighted by molar-refractivity contribution is 6.31. The molecule has 29 heavy (non-hydrogen) atoms. The fourth-order valence-electron chi connectivity index (χ4n) is 2.89.